The fourth-order valence-corrected chi connectivity index (χ4v) is 6.23. The number of halogens is 1. The summed E-state index contributed by atoms with van der Waals surface area (Å²) in [6.07, 6.45) is 1.02. The fourth-order valence-electron chi connectivity index (χ4n) is 4.60. The first-order chi connectivity index (χ1) is 21.1. The Kier molecular flexibility index (Phi) is 12.7. The molecule has 0 radical (unpaired) electrons. The molecule has 238 valence electrons. The van der Waals surface area contributed by atoms with E-state index in [4.69, 9.17) is 25.8 Å². The average Bonchev–Trinajstić information content (AvgIpc) is 3.03. The second-order valence-electron chi connectivity index (χ2n) is 9.78. The summed E-state index contributed by atoms with van der Waals surface area (Å²) in [6.45, 7) is 5.86. The van der Waals surface area contributed by atoms with Crippen molar-refractivity contribution in [3.05, 3.63) is 77.3 Å². The lowest BCUT2D eigenvalue weighted by Gasteiger charge is -2.33. The summed E-state index contributed by atoms with van der Waals surface area (Å²) in [5.41, 5.74) is 0.859. The molecule has 0 aliphatic carbocycles. The number of benzene rings is 3. The molecule has 12 heteroatoms. The van der Waals surface area contributed by atoms with Crippen molar-refractivity contribution in [1.29, 1.82) is 0 Å². The molecule has 1 N–H and O–H groups in total. The van der Waals surface area contributed by atoms with Gasteiger partial charge in [-0.25, -0.2) is 8.42 Å². The average molecular weight is 646 g/mol. The van der Waals surface area contributed by atoms with E-state index in [-0.39, 0.29) is 28.8 Å². The van der Waals surface area contributed by atoms with Crippen LogP contribution >= 0.6 is 11.6 Å². The van der Waals surface area contributed by atoms with Crippen molar-refractivity contribution in [3.8, 4) is 17.2 Å². The maximum atomic E-state index is 14.2. The number of amides is 2. The van der Waals surface area contributed by atoms with E-state index in [1.807, 2.05) is 13.8 Å². The topological polar surface area (TPSA) is 114 Å². The summed E-state index contributed by atoms with van der Waals surface area (Å²) in [4.78, 5) is 28.7. The summed E-state index contributed by atoms with van der Waals surface area (Å²) in [5.74, 6) is 0.201. The number of nitrogens with one attached hydrogen (secondary N) is 1. The third kappa shape index (κ3) is 8.35. The summed E-state index contributed by atoms with van der Waals surface area (Å²) in [5, 5.41) is 3.29. The Morgan fingerprint density at radius 3 is 2.20 bits per heavy atom. The van der Waals surface area contributed by atoms with Gasteiger partial charge >= 0.3 is 0 Å². The van der Waals surface area contributed by atoms with Gasteiger partial charge in [-0.15, -0.1) is 0 Å². The number of sulfonamides is 1. The quantitative estimate of drug-likeness (QED) is 0.225. The van der Waals surface area contributed by atoms with Crippen LogP contribution in [0.2, 0.25) is 5.02 Å². The fraction of sp³-hybridized carbons (Fsp3) is 0.375. The summed E-state index contributed by atoms with van der Waals surface area (Å²) in [7, 11) is -1.47. The van der Waals surface area contributed by atoms with Crippen molar-refractivity contribution in [2.24, 2.45) is 0 Å². The standard InChI is InChI=1S/C32H40ClN3O7S/c1-6-19-34-32(38)28(7-2)35(21-23-11-9-10-12-27(23)33)31(37)22-36(24-13-15-25(16-14-24)43-8-3)44(39,40)26-17-18-29(41-4)30(20-26)42-5/h9-18,20,28H,6-8,19,21-22H2,1-5H3,(H,34,38)/t28-/m0/s1. The van der Waals surface area contributed by atoms with Crippen LogP contribution in [0.25, 0.3) is 0 Å². The highest BCUT2D eigenvalue weighted by Crippen LogP contribution is 2.33. The Labute approximate surface area is 264 Å². The van der Waals surface area contributed by atoms with Gasteiger partial charge in [-0.05, 0) is 67.8 Å². The number of nitrogens with zero attached hydrogens (tertiary/aromatic N) is 2. The van der Waals surface area contributed by atoms with E-state index < -0.39 is 28.5 Å². The van der Waals surface area contributed by atoms with Crippen molar-refractivity contribution in [2.75, 3.05) is 38.2 Å². The molecule has 0 unspecified atom stereocenters. The molecule has 3 rings (SSSR count). The van der Waals surface area contributed by atoms with Crippen molar-refractivity contribution in [3.63, 3.8) is 0 Å². The Morgan fingerprint density at radius 1 is 0.932 bits per heavy atom. The van der Waals surface area contributed by atoms with Crippen LogP contribution in [-0.2, 0) is 26.2 Å². The molecule has 0 spiro atoms. The number of rotatable bonds is 16. The molecule has 0 fully saturated rings. The SMILES string of the molecule is CCCNC(=O)[C@H](CC)N(Cc1ccccc1Cl)C(=O)CN(c1ccc(OCC)cc1)S(=O)(=O)c1ccc(OC)c(OC)c1. The highest BCUT2D eigenvalue weighted by atomic mass is 35.5. The number of hydrogen-bond acceptors (Lipinski definition) is 7. The van der Waals surface area contributed by atoms with Gasteiger partial charge in [0.2, 0.25) is 11.8 Å². The van der Waals surface area contributed by atoms with Crippen molar-refractivity contribution in [1.82, 2.24) is 10.2 Å². The zero-order chi connectivity index (χ0) is 32.3. The smallest absolute Gasteiger partial charge is 0.264 e. The molecule has 0 heterocycles. The van der Waals surface area contributed by atoms with Gasteiger partial charge in [0.05, 0.1) is 31.4 Å². The van der Waals surface area contributed by atoms with Crippen LogP contribution in [0, 0.1) is 0 Å². The Bertz CT molecular complexity index is 1520. The summed E-state index contributed by atoms with van der Waals surface area (Å²) >= 11 is 6.45. The van der Waals surface area contributed by atoms with Crippen LogP contribution in [0.3, 0.4) is 0 Å². The molecule has 0 bridgehead atoms. The monoisotopic (exact) mass is 645 g/mol. The molecule has 0 aromatic heterocycles. The lowest BCUT2D eigenvalue weighted by atomic mass is 10.1. The lowest BCUT2D eigenvalue weighted by Crippen LogP contribution is -2.52. The van der Waals surface area contributed by atoms with Crippen LogP contribution in [0.15, 0.2) is 71.6 Å². The molecular weight excluding hydrogens is 606 g/mol. The second-order valence-corrected chi connectivity index (χ2v) is 12.1. The first-order valence-electron chi connectivity index (χ1n) is 14.4. The van der Waals surface area contributed by atoms with Gasteiger partial charge in [0, 0.05) is 24.2 Å². The summed E-state index contributed by atoms with van der Waals surface area (Å²) < 4.78 is 45.6. The predicted octanol–water partition coefficient (Wildman–Crippen LogP) is 5.28. The number of carbonyl (C=O) groups excluding carboxylic acids is 2. The van der Waals surface area contributed by atoms with Crippen molar-refractivity contribution in [2.45, 2.75) is 51.1 Å². The third-order valence-electron chi connectivity index (χ3n) is 6.89. The molecule has 44 heavy (non-hydrogen) atoms. The number of hydrogen-bond donors (Lipinski definition) is 1. The van der Waals surface area contributed by atoms with Crippen molar-refractivity contribution >= 4 is 39.1 Å². The molecule has 3 aromatic rings. The van der Waals surface area contributed by atoms with Crippen molar-refractivity contribution < 1.29 is 32.2 Å². The maximum Gasteiger partial charge on any atom is 0.264 e. The Hall–Kier alpha value is -3.96. The minimum Gasteiger partial charge on any atom is -0.494 e. The highest BCUT2D eigenvalue weighted by molar-refractivity contribution is 7.92. The van der Waals surface area contributed by atoms with E-state index in [0.29, 0.717) is 41.7 Å². The zero-order valence-corrected chi connectivity index (χ0v) is 27.3. The van der Waals surface area contributed by atoms with Gasteiger partial charge in [-0.2, -0.15) is 0 Å². The maximum absolute atomic E-state index is 14.2. The van der Waals surface area contributed by atoms with Gasteiger partial charge < -0.3 is 24.4 Å². The second kappa shape index (κ2) is 16.2. The van der Waals surface area contributed by atoms with E-state index in [9.17, 15) is 18.0 Å². The van der Waals surface area contributed by atoms with Crippen LogP contribution in [0.1, 0.15) is 39.2 Å². The molecule has 3 aromatic carbocycles. The molecule has 2 amide bonds. The summed E-state index contributed by atoms with van der Waals surface area (Å²) in [6, 6.07) is 16.8. The normalized spacial score (nSPS) is 11.8. The Balaban J connectivity index is 2.11. The molecule has 1 atom stereocenters. The molecule has 10 nitrogen and oxygen atoms in total. The predicted molar refractivity (Wildman–Crippen MR) is 171 cm³/mol. The molecular formula is C32H40ClN3O7S. The van der Waals surface area contributed by atoms with E-state index >= 15 is 0 Å². The number of methoxy groups -OCH3 is 2. The van der Waals surface area contributed by atoms with E-state index in [1.54, 1.807) is 55.5 Å². The minimum absolute atomic E-state index is 0.00405. The van der Waals surface area contributed by atoms with Gasteiger partial charge in [0.1, 0.15) is 18.3 Å². The van der Waals surface area contributed by atoms with E-state index in [0.717, 1.165) is 10.7 Å². The Morgan fingerprint density at radius 2 is 1.61 bits per heavy atom. The molecule has 0 aliphatic rings. The highest BCUT2D eigenvalue weighted by Gasteiger charge is 2.34. The van der Waals surface area contributed by atoms with Gasteiger partial charge in [-0.1, -0.05) is 43.6 Å². The van der Waals surface area contributed by atoms with Gasteiger partial charge in [0.15, 0.2) is 11.5 Å². The van der Waals surface area contributed by atoms with E-state index in [2.05, 4.69) is 5.32 Å². The molecule has 0 saturated heterocycles. The minimum atomic E-state index is -4.33. The number of ether oxygens (including phenoxy) is 3. The molecule has 0 saturated carbocycles. The van der Waals surface area contributed by atoms with Crippen LogP contribution < -0.4 is 23.8 Å². The van der Waals surface area contributed by atoms with Crippen LogP contribution in [0.4, 0.5) is 5.69 Å². The van der Waals surface area contributed by atoms with Crippen LogP contribution in [0.5, 0.6) is 17.2 Å². The lowest BCUT2D eigenvalue weighted by molar-refractivity contribution is -0.140. The van der Waals surface area contributed by atoms with E-state index in [1.165, 1.54) is 37.3 Å². The first-order valence-corrected chi connectivity index (χ1v) is 16.2. The first kappa shape index (κ1) is 34.5. The van der Waals surface area contributed by atoms with Gasteiger partial charge in [-0.3, -0.25) is 13.9 Å². The number of anilines is 1. The third-order valence-corrected chi connectivity index (χ3v) is 9.03. The number of carbonyl (C=O) groups is 2. The molecule has 0 aliphatic heterocycles. The zero-order valence-electron chi connectivity index (χ0n) is 25.7. The van der Waals surface area contributed by atoms with Crippen LogP contribution in [-0.4, -0.2) is 65.1 Å². The largest absolute Gasteiger partial charge is 0.494 e. The van der Waals surface area contributed by atoms with Gasteiger partial charge in [0.25, 0.3) is 10.0 Å².